The molecule has 0 radical (unpaired) electrons. The van der Waals surface area contributed by atoms with E-state index >= 15 is 0 Å². The highest BCUT2D eigenvalue weighted by molar-refractivity contribution is 5.73. The Labute approximate surface area is 228 Å². The maximum atomic E-state index is 11.9. The molecule has 36 heavy (non-hydrogen) atoms. The smallest absolute Gasteiger partial charge is 0.314 e. The van der Waals surface area contributed by atoms with E-state index in [-0.39, 0.29) is 6.03 Å². The Kier molecular flexibility index (Phi) is 31.6. The summed E-state index contributed by atoms with van der Waals surface area (Å²) >= 11 is 0. The molecule has 2 N–H and O–H groups in total. The molecular weight excluding hydrogens is 440 g/mol. The first-order valence-corrected chi connectivity index (χ1v) is 16.8. The number of nitrogens with one attached hydrogen (secondary N) is 2. The Morgan fingerprint density at radius 3 is 0.750 bits per heavy atom. The molecular formula is C33H68N2O. The van der Waals surface area contributed by atoms with Crippen molar-refractivity contribution in [2.45, 2.75) is 194 Å². The van der Waals surface area contributed by atoms with E-state index in [1.54, 1.807) is 0 Å². The van der Waals surface area contributed by atoms with Gasteiger partial charge in [0.05, 0.1) is 0 Å². The lowest BCUT2D eigenvalue weighted by molar-refractivity contribution is 0.240. The standard InChI is InChI=1S/C33H68N2O/c1-3-5-7-9-11-13-15-17-19-21-23-25-27-29-31-34-33(36)35-32-30-28-26-24-22-20-18-16-14-12-10-8-6-4-2/h3-32H2,1-2H3,(H2,34,35,36). The number of hydrogen-bond donors (Lipinski definition) is 2. The van der Waals surface area contributed by atoms with Crippen LogP contribution < -0.4 is 10.6 Å². The number of carbonyl (C=O) groups is 1. The van der Waals surface area contributed by atoms with Gasteiger partial charge in [-0.15, -0.1) is 0 Å². The van der Waals surface area contributed by atoms with Crippen molar-refractivity contribution in [3.05, 3.63) is 0 Å². The predicted octanol–water partition coefficient (Wildman–Crippen LogP) is 11.2. The fraction of sp³-hybridized carbons (Fsp3) is 0.970. The highest BCUT2D eigenvalue weighted by Gasteiger charge is 1.99. The van der Waals surface area contributed by atoms with Gasteiger partial charge in [0.25, 0.3) is 0 Å². The normalized spacial score (nSPS) is 11.2. The molecule has 0 atom stereocenters. The molecule has 0 aliphatic carbocycles. The predicted molar refractivity (Wildman–Crippen MR) is 162 cm³/mol. The van der Waals surface area contributed by atoms with Crippen LogP contribution in [-0.4, -0.2) is 19.1 Å². The van der Waals surface area contributed by atoms with Crippen LogP contribution in [0.3, 0.4) is 0 Å². The van der Waals surface area contributed by atoms with Gasteiger partial charge in [-0.2, -0.15) is 0 Å². The molecule has 0 aliphatic rings. The van der Waals surface area contributed by atoms with Crippen LogP contribution in [0.1, 0.15) is 194 Å². The summed E-state index contributed by atoms with van der Waals surface area (Å²) in [6, 6.07) is 0.0272. The minimum Gasteiger partial charge on any atom is -0.338 e. The maximum absolute atomic E-state index is 11.9. The Bertz CT molecular complexity index is 376. The molecule has 0 saturated heterocycles. The van der Waals surface area contributed by atoms with Gasteiger partial charge < -0.3 is 10.6 Å². The second-order valence-corrected chi connectivity index (χ2v) is 11.4. The van der Waals surface area contributed by atoms with Crippen LogP contribution in [0, 0.1) is 0 Å². The third-order valence-corrected chi connectivity index (χ3v) is 7.63. The van der Waals surface area contributed by atoms with E-state index < -0.39 is 0 Å². The third-order valence-electron chi connectivity index (χ3n) is 7.63. The summed E-state index contributed by atoms with van der Waals surface area (Å²) in [5.41, 5.74) is 0. The Morgan fingerprint density at radius 2 is 0.528 bits per heavy atom. The lowest BCUT2D eigenvalue weighted by Gasteiger charge is -2.08. The molecule has 0 fully saturated rings. The number of amides is 2. The van der Waals surface area contributed by atoms with Gasteiger partial charge in [0, 0.05) is 13.1 Å². The molecule has 0 unspecified atom stereocenters. The zero-order valence-electron chi connectivity index (χ0n) is 25.1. The fourth-order valence-electron chi connectivity index (χ4n) is 5.11. The molecule has 3 heteroatoms. The number of hydrogen-bond acceptors (Lipinski definition) is 1. The Morgan fingerprint density at radius 1 is 0.333 bits per heavy atom. The fourth-order valence-corrected chi connectivity index (χ4v) is 5.11. The van der Waals surface area contributed by atoms with E-state index in [0.29, 0.717) is 0 Å². The molecule has 0 spiro atoms. The van der Waals surface area contributed by atoms with E-state index in [1.165, 1.54) is 167 Å². The summed E-state index contributed by atoms with van der Waals surface area (Å²) in [7, 11) is 0. The molecule has 0 rings (SSSR count). The van der Waals surface area contributed by atoms with Crippen molar-refractivity contribution in [1.82, 2.24) is 10.6 Å². The van der Waals surface area contributed by atoms with Gasteiger partial charge in [-0.1, -0.05) is 181 Å². The van der Waals surface area contributed by atoms with Gasteiger partial charge in [0.15, 0.2) is 0 Å². The summed E-state index contributed by atoms with van der Waals surface area (Å²) in [5, 5.41) is 6.05. The van der Waals surface area contributed by atoms with Crippen LogP contribution in [0.25, 0.3) is 0 Å². The summed E-state index contributed by atoms with van der Waals surface area (Å²) in [4.78, 5) is 11.9. The van der Waals surface area contributed by atoms with Gasteiger partial charge in [-0.05, 0) is 12.8 Å². The van der Waals surface area contributed by atoms with Gasteiger partial charge in [0.1, 0.15) is 0 Å². The lowest BCUT2D eigenvalue weighted by Crippen LogP contribution is -2.36. The van der Waals surface area contributed by atoms with Gasteiger partial charge in [0.2, 0.25) is 0 Å². The molecule has 2 amide bonds. The monoisotopic (exact) mass is 509 g/mol. The van der Waals surface area contributed by atoms with Crippen molar-refractivity contribution in [3.8, 4) is 0 Å². The first-order chi connectivity index (χ1) is 17.8. The van der Waals surface area contributed by atoms with Gasteiger partial charge in [-0.3, -0.25) is 0 Å². The van der Waals surface area contributed by atoms with Crippen LogP contribution in [0.2, 0.25) is 0 Å². The second kappa shape index (κ2) is 32.3. The van der Waals surface area contributed by atoms with Crippen molar-refractivity contribution in [3.63, 3.8) is 0 Å². The third kappa shape index (κ3) is 31.3. The van der Waals surface area contributed by atoms with Crippen LogP contribution in [-0.2, 0) is 0 Å². The van der Waals surface area contributed by atoms with Crippen LogP contribution in [0.15, 0.2) is 0 Å². The first-order valence-electron chi connectivity index (χ1n) is 16.8. The van der Waals surface area contributed by atoms with Crippen molar-refractivity contribution in [2.24, 2.45) is 0 Å². The van der Waals surface area contributed by atoms with E-state index in [9.17, 15) is 4.79 Å². The maximum Gasteiger partial charge on any atom is 0.314 e. The summed E-state index contributed by atoms with van der Waals surface area (Å²) < 4.78 is 0. The quantitative estimate of drug-likeness (QED) is 0.0930. The Hall–Kier alpha value is -0.730. The van der Waals surface area contributed by atoms with Crippen molar-refractivity contribution >= 4 is 6.03 Å². The van der Waals surface area contributed by atoms with E-state index in [1.807, 2.05) is 0 Å². The Balaban J connectivity index is 3.14. The SMILES string of the molecule is CCCCCCCCCCCCCCCCNC(=O)NCCCCCCCCCCCCCCCC. The molecule has 0 heterocycles. The second-order valence-electron chi connectivity index (χ2n) is 11.4. The van der Waals surface area contributed by atoms with Crippen LogP contribution >= 0.6 is 0 Å². The van der Waals surface area contributed by atoms with Crippen molar-refractivity contribution < 1.29 is 4.79 Å². The average Bonchev–Trinajstić information content (AvgIpc) is 2.88. The topological polar surface area (TPSA) is 41.1 Å². The zero-order chi connectivity index (χ0) is 26.2. The molecule has 0 aliphatic heterocycles. The lowest BCUT2D eigenvalue weighted by atomic mass is 10.0. The van der Waals surface area contributed by atoms with E-state index in [4.69, 9.17) is 0 Å². The molecule has 3 nitrogen and oxygen atoms in total. The number of unbranched alkanes of at least 4 members (excludes halogenated alkanes) is 26. The van der Waals surface area contributed by atoms with E-state index in [0.717, 1.165) is 25.9 Å². The molecule has 0 saturated carbocycles. The van der Waals surface area contributed by atoms with Gasteiger partial charge >= 0.3 is 6.03 Å². The zero-order valence-corrected chi connectivity index (χ0v) is 25.1. The summed E-state index contributed by atoms with van der Waals surface area (Å²) in [5.74, 6) is 0. The summed E-state index contributed by atoms with van der Waals surface area (Å²) in [6.45, 7) is 6.22. The highest BCUT2D eigenvalue weighted by Crippen LogP contribution is 2.14. The minimum atomic E-state index is 0.0272. The molecule has 0 aromatic carbocycles. The first kappa shape index (κ1) is 35.3. The van der Waals surface area contributed by atoms with Crippen LogP contribution in [0.4, 0.5) is 4.79 Å². The number of rotatable bonds is 30. The number of urea groups is 1. The molecule has 0 aromatic rings. The number of carbonyl (C=O) groups excluding carboxylic acids is 1. The average molecular weight is 509 g/mol. The molecule has 216 valence electrons. The van der Waals surface area contributed by atoms with Crippen LogP contribution in [0.5, 0.6) is 0 Å². The van der Waals surface area contributed by atoms with E-state index in [2.05, 4.69) is 24.5 Å². The minimum absolute atomic E-state index is 0.0272. The summed E-state index contributed by atoms with van der Waals surface area (Å²) in [6.07, 6.45) is 38.5. The van der Waals surface area contributed by atoms with Crippen molar-refractivity contribution in [2.75, 3.05) is 13.1 Å². The molecule has 0 aromatic heterocycles. The van der Waals surface area contributed by atoms with Gasteiger partial charge in [-0.25, -0.2) is 4.79 Å². The molecule has 0 bridgehead atoms. The highest BCUT2D eigenvalue weighted by atomic mass is 16.2. The largest absolute Gasteiger partial charge is 0.338 e. The van der Waals surface area contributed by atoms with Crippen molar-refractivity contribution in [1.29, 1.82) is 0 Å².